The van der Waals surface area contributed by atoms with Crippen LogP contribution in [-0.4, -0.2) is 18.2 Å². The van der Waals surface area contributed by atoms with E-state index in [1.165, 1.54) is 5.01 Å². The summed E-state index contributed by atoms with van der Waals surface area (Å²) in [6.07, 6.45) is 0. The molecule has 1 aromatic carbocycles. The van der Waals surface area contributed by atoms with Crippen molar-refractivity contribution in [1.29, 1.82) is 0 Å². The fraction of sp³-hybridized carbons (Fsp3) is 0.125. The summed E-state index contributed by atoms with van der Waals surface area (Å²) in [5.41, 5.74) is 7.64. The first-order valence-corrected chi connectivity index (χ1v) is 4.72. The Hall–Kier alpha value is -1.17. The molecule has 0 aliphatic carbocycles. The molecule has 82 valence electrons. The molecule has 0 heterocycles. The van der Waals surface area contributed by atoms with Crippen LogP contribution in [0.1, 0.15) is 0 Å². The van der Waals surface area contributed by atoms with Crippen LogP contribution in [0.5, 0.6) is 0 Å². The SMILES string of the molecule is CN(/N=C(/N)NO)c1cc(Cl)cc(Cl)c1. The Morgan fingerprint density at radius 2 is 1.93 bits per heavy atom. The number of nitrogens with one attached hydrogen (secondary N) is 1. The summed E-state index contributed by atoms with van der Waals surface area (Å²) in [6.45, 7) is 0. The Kier molecular flexibility index (Phi) is 4.02. The monoisotopic (exact) mass is 248 g/mol. The van der Waals surface area contributed by atoms with E-state index >= 15 is 0 Å². The van der Waals surface area contributed by atoms with E-state index in [4.69, 9.17) is 34.1 Å². The van der Waals surface area contributed by atoms with Crippen molar-refractivity contribution in [2.75, 3.05) is 12.1 Å². The first-order valence-electron chi connectivity index (χ1n) is 3.97. The topological polar surface area (TPSA) is 73.9 Å². The van der Waals surface area contributed by atoms with Crippen LogP contribution in [0, 0.1) is 0 Å². The van der Waals surface area contributed by atoms with Gasteiger partial charge in [0.15, 0.2) is 0 Å². The molecule has 0 fully saturated rings. The quantitative estimate of drug-likeness (QED) is 0.423. The van der Waals surface area contributed by atoms with Crippen molar-refractivity contribution >= 4 is 34.8 Å². The summed E-state index contributed by atoms with van der Waals surface area (Å²) < 4.78 is 0. The third kappa shape index (κ3) is 3.47. The second-order valence-electron chi connectivity index (χ2n) is 2.75. The van der Waals surface area contributed by atoms with E-state index in [9.17, 15) is 0 Å². The van der Waals surface area contributed by atoms with Crippen molar-refractivity contribution in [2.45, 2.75) is 0 Å². The number of halogens is 2. The number of guanidine groups is 1. The molecular weight excluding hydrogens is 239 g/mol. The standard InChI is InChI=1S/C8H10Cl2N4O/c1-14(12-8(11)13-15)7-3-5(9)2-6(10)4-7/h2-4,15H,1H3,(H3,11,12,13). The predicted octanol–water partition coefficient (Wildman–Crippen LogP) is 1.64. The highest BCUT2D eigenvalue weighted by atomic mass is 35.5. The lowest BCUT2D eigenvalue weighted by Gasteiger charge is -2.14. The van der Waals surface area contributed by atoms with E-state index in [2.05, 4.69) is 5.10 Å². The van der Waals surface area contributed by atoms with Gasteiger partial charge in [-0.15, -0.1) is 5.10 Å². The van der Waals surface area contributed by atoms with Crippen LogP contribution in [0.2, 0.25) is 10.0 Å². The van der Waals surface area contributed by atoms with Gasteiger partial charge in [0, 0.05) is 17.1 Å². The molecule has 1 rings (SSSR count). The number of hydrogen-bond donors (Lipinski definition) is 3. The minimum atomic E-state index is -0.131. The summed E-state index contributed by atoms with van der Waals surface area (Å²) in [6, 6.07) is 4.95. The first-order chi connectivity index (χ1) is 7.02. The van der Waals surface area contributed by atoms with Crippen LogP contribution in [0.4, 0.5) is 5.69 Å². The molecule has 0 aliphatic rings. The van der Waals surface area contributed by atoms with Crippen molar-refractivity contribution in [3.8, 4) is 0 Å². The van der Waals surface area contributed by atoms with Crippen LogP contribution in [-0.2, 0) is 0 Å². The van der Waals surface area contributed by atoms with E-state index in [0.29, 0.717) is 15.7 Å². The molecule has 0 bridgehead atoms. The van der Waals surface area contributed by atoms with Crippen LogP contribution >= 0.6 is 23.2 Å². The summed E-state index contributed by atoms with van der Waals surface area (Å²) in [4.78, 5) is 0. The summed E-state index contributed by atoms with van der Waals surface area (Å²) in [7, 11) is 1.65. The minimum absolute atomic E-state index is 0.131. The number of hydroxylamine groups is 1. The largest absolute Gasteiger partial charge is 0.367 e. The van der Waals surface area contributed by atoms with E-state index in [0.717, 1.165) is 0 Å². The number of hydrazone groups is 1. The highest BCUT2D eigenvalue weighted by Crippen LogP contribution is 2.24. The minimum Gasteiger partial charge on any atom is -0.367 e. The second kappa shape index (κ2) is 5.06. The Morgan fingerprint density at radius 1 is 1.40 bits per heavy atom. The molecule has 1 aromatic rings. The van der Waals surface area contributed by atoms with Crippen LogP contribution in [0.25, 0.3) is 0 Å². The van der Waals surface area contributed by atoms with Gasteiger partial charge in [0.1, 0.15) is 0 Å². The average Bonchev–Trinajstić information content (AvgIpc) is 2.16. The Morgan fingerprint density at radius 3 is 2.40 bits per heavy atom. The lowest BCUT2D eigenvalue weighted by atomic mass is 10.3. The highest BCUT2D eigenvalue weighted by molar-refractivity contribution is 6.35. The van der Waals surface area contributed by atoms with Gasteiger partial charge in [-0.25, -0.2) is 5.48 Å². The zero-order chi connectivity index (χ0) is 11.4. The third-order valence-corrected chi connectivity index (χ3v) is 2.03. The van der Waals surface area contributed by atoms with E-state index in [1.807, 2.05) is 0 Å². The maximum atomic E-state index is 8.46. The number of nitrogens with two attached hydrogens (primary N) is 1. The molecule has 15 heavy (non-hydrogen) atoms. The molecule has 0 saturated heterocycles. The van der Waals surface area contributed by atoms with E-state index in [-0.39, 0.29) is 5.96 Å². The normalized spacial score (nSPS) is 11.3. The Balaban J connectivity index is 2.96. The summed E-state index contributed by atoms with van der Waals surface area (Å²) >= 11 is 11.6. The van der Waals surface area contributed by atoms with Gasteiger partial charge < -0.3 is 5.73 Å². The first kappa shape index (κ1) is 11.9. The molecule has 0 radical (unpaired) electrons. The molecular formula is C8H10Cl2N4O. The van der Waals surface area contributed by atoms with Crippen molar-refractivity contribution < 1.29 is 5.21 Å². The van der Waals surface area contributed by atoms with Crippen molar-refractivity contribution in [3.63, 3.8) is 0 Å². The predicted molar refractivity (Wildman–Crippen MR) is 61.4 cm³/mol. The molecule has 0 unspecified atom stereocenters. The van der Waals surface area contributed by atoms with E-state index < -0.39 is 0 Å². The maximum Gasteiger partial charge on any atom is 0.235 e. The second-order valence-corrected chi connectivity index (χ2v) is 3.62. The zero-order valence-electron chi connectivity index (χ0n) is 7.91. The number of benzene rings is 1. The molecule has 0 amide bonds. The number of hydrogen-bond acceptors (Lipinski definition) is 3. The Labute approximate surface area is 97.0 Å². The number of rotatable bonds is 2. The van der Waals surface area contributed by atoms with Gasteiger partial charge in [-0.3, -0.25) is 10.2 Å². The van der Waals surface area contributed by atoms with Gasteiger partial charge in [0.2, 0.25) is 5.96 Å². The van der Waals surface area contributed by atoms with Crippen molar-refractivity contribution in [3.05, 3.63) is 28.2 Å². The smallest absolute Gasteiger partial charge is 0.235 e. The Bertz CT molecular complexity index is 363. The molecule has 7 heteroatoms. The lowest BCUT2D eigenvalue weighted by Crippen LogP contribution is -2.31. The summed E-state index contributed by atoms with van der Waals surface area (Å²) in [5, 5.41) is 14.7. The molecule has 0 saturated carbocycles. The van der Waals surface area contributed by atoms with Crippen molar-refractivity contribution in [2.24, 2.45) is 10.8 Å². The fourth-order valence-electron chi connectivity index (χ4n) is 0.968. The van der Waals surface area contributed by atoms with Gasteiger partial charge in [-0.2, -0.15) is 0 Å². The average molecular weight is 249 g/mol. The molecule has 0 spiro atoms. The van der Waals surface area contributed by atoms with Gasteiger partial charge in [-0.1, -0.05) is 23.2 Å². The highest BCUT2D eigenvalue weighted by Gasteiger charge is 2.03. The van der Waals surface area contributed by atoms with Crippen molar-refractivity contribution in [1.82, 2.24) is 5.48 Å². The molecule has 5 nitrogen and oxygen atoms in total. The zero-order valence-corrected chi connectivity index (χ0v) is 9.42. The molecule has 4 N–H and O–H groups in total. The number of nitrogens with zero attached hydrogens (tertiary/aromatic N) is 2. The summed E-state index contributed by atoms with van der Waals surface area (Å²) in [5.74, 6) is -0.131. The third-order valence-electron chi connectivity index (χ3n) is 1.59. The van der Waals surface area contributed by atoms with E-state index in [1.54, 1.807) is 30.7 Å². The van der Waals surface area contributed by atoms with Gasteiger partial charge in [0.05, 0.1) is 5.69 Å². The maximum absolute atomic E-state index is 8.46. The van der Waals surface area contributed by atoms with Gasteiger partial charge in [0.25, 0.3) is 0 Å². The van der Waals surface area contributed by atoms with Crippen LogP contribution in [0.3, 0.4) is 0 Å². The lowest BCUT2D eigenvalue weighted by molar-refractivity contribution is 0.232. The number of anilines is 1. The van der Waals surface area contributed by atoms with Gasteiger partial charge in [-0.05, 0) is 18.2 Å². The van der Waals surface area contributed by atoms with Crippen LogP contribution < -0.4 is 16.2 Å². The molecule has 0 aliphatic heterocycles. The van der Waals surface area contributed by atoms with Gasteiger partial charge >= 0.3 is 0 Å². The fourth-order valence-corrected chi connectivity index (χ4v) is 1.48. The van der Waals surface area contributed by atoms with Crippen LogP contribution in [0.15, 0.2) is 23.3 Å². The molecule has 0 aromatic heterocycles. The molecule has 0 atom stereocenters.